The van der Waals surface area contributed by atoms with Crippen LogP contribution < -0.4 is 5.43 Å². The molecular formula is C17H17ClN2O. The molecule has 0 aromatic heterocycles. The molecule has 0 spiro atoms. The number of benzene rings is 2. The van der Waals surface area contributed by atoms with Crippen molar-refractivity contribution in [2.24, 2.45) is 5.10 Å². The minimum Gasteiger partial charge on any atom is -0.267 e. The van der Waals surface area contributed by atoms with Gasteiger partial charge in [0.05, 0.1) is 5.71 Å². The third-order valence-corrected chi connectivity index (χ3v) is 3.41. The normalized spacial score (nSPS) is 11.3. The number of rotatable bonds is 4. The summed E-state index contributed by atoms with van der Waals surface area (Å²) in [5.74, 6) is -0.207. The zero-order valence-electron chi connectivity index (χ0n) is 12.1. The molecule has 108 valence electrons. The Bertz CT molecular complexity index is 680. The van der Waals surface area contributed by atoms with Crippen molar-refractivity contribution in [2.75, 3.05) is 0 Å². The largest absolute Gasteiger partial charge is 0.271 e. The van der Waals surface area contributed by atoms with E-state index < -0.39 is 0 Å². The van der Waals surface area contributed by atoms with Gasteiger partial charge in [-0.1, -0.05) is 48.9 Å². The Morgan fingerprint density at radius 1 is 1.19 bits per heavy atom. The van der Waals surface area contributed by atoms with Gasteiger partial charge < -0.3 is 0 Å². The van der Waals surface area contributed by atoms with E-state index in [0.717, 1.165) is 16.8 Å². The zero-order chi connectivity index (χ0) is 15.2. The van der Waals surface area contributed by atoms with E-state index in [-0.39, 0.29) is 5.91 Å². The van der Waals surface area contributed by atoms with Crippen molar-refractivity contribution >= 4 is 23.2 Å². The van der Waals surface area contributed by atoms with Crippen molar-refractivity contribution in [1.29, 1.82) is 0 Å². The second-order valence-electron chi connectivity index (χ2n) is 4.68. The molecule has 0 fully saturated rings. The molecule has 0 atom stereocenters. The summed E-state index contributed by atoms with van der Waals surface area (Å²) >= 11 is 5.98. The number of aryl methyl sites for hydroxylation is 1. The highest BCUT2D eigenvalue weighted by Crippen LogP contribution is 2.13. The lowest BCUT2D eigenvalue weighted by Gasteiger charge is -2.07. The first-order valence-electron chi connectivity index (χ1n) is 6.80. The third-order valence-electron chi connectivity index (χ3n) is 3.17. The second-order valence-corrected chi connectivity index (χ2v) is 5.11. The number of nitrogens with one attached hydrogen (secondary N) is 1. The molecule has 2 aromatic carbocycles. The van der Waals surface area contributed by atoms with Crippen molar-refractivity contribution in [2.45, 2.75) is 20.3 Å². The fourth-order valence-electron chi connectivity index (χ4n) is 2.02. The van der Waals surface area contributed by atoms with Gasteiger partial charge in [0.15, 0.2) is 0 Å². The fraction of sp³-hybridized carbons (Fsp3) is 0.176. The third kappa shape index (κ3) is 3.92. The molecule has 21 heavy (non-hydrogen) atoms. The van der Waals surface area contributed by atoms with Crippen LogP contribution in [0.5, 0.6) is 0 Å². The Morgan fingerprint density at radius 2 is 1.95 bits per heavy atom. The number of halogens is 1. The van der Waals surface area contributed by atoms with Crippen LogP contribution in [-0.4, -0.2) is 11.6 Å². The first-order chi connectivity index (χ1) is 10.1. The highest BCUT2D eigenvalue weighted by Gasteiger charge is 2.08. The SMILES string of the molecule is CC/C(=N\NC(=O)c1ccccc1C)c1cccc(Cl)c1. The number of hydrazone groups is 1. The Hall–Kier alpha value is -2.13. The van der Waals surface area contributed by atoms with Crippen LogP contribution in [-0.2, 0) is 0 Å². The number of amides is 1. The van der Waals surface area contributed by atoms with Crippen molar-refractivity contribution in [3.8, 4) is 0 Å². The van der Waals surface area contributed by atoms with Gasteiger partial charge in [-0.15, -0.1) is 0 Å². The molecule has 0 heterocycles. The summed E-state index contributed by atoms with van der Waals surface area (Å²) < 4.78 is 0. The average molecular weight is 301 g/mol. The molecule has 0 aliphatic carbocycles. The van der Waals surface area contributed by atoms with Crippen LogP contribution >= 0.6 is 11.6 Å². The lowest BCUT2D eigenvalue weighted by atomic mass is 10.1. The van der Waals surface area contributed by atoms with Gasteiger partial charge >= 0.3 is 0 Å². The maximum absolute atomic E-state index is 12.1. The average Bonchev–Trinajstić information content (AvgIpc) is 2.48. The van der Waals surface area contributed by atoms with E-state index in [1.165, 1.54) is 0 Å². The zero-order valence-corrected chi connectivity index (χ0v) is 12.8. The Labute approximate surface area is 129 Å². The summed E-state index contributed by atoms with van der Waals surface area (Å²) in [5.41, 5.74) is 5.87. The van der Waals surface area contributed by atoms with Gasteiger partial charge in [0, 0.05) is 10.6 Å². The summed E-state index contributed by atoms with van der Waals surface area (Å²) in [6, 6.07) is 14.9. The molecule has 0 unspecified atom stereocenters. The number of carbonyl (C=O) groups is 1. The van der Waals surface area contributed by atoms with Crippen molar-refractivity contribution < 1.29 is 4.79 Å². The minimum absolute atomic E-state index is 0.207. The highest BCUT2D eigenvalue weighted by atomic mass is 35.5. The summed E-state index contributed by atoms with van der Waals surface area (Å²) in [7, 11) is 0. The van der Waals surface area contributed by atoms with Gasteiger partial charge in [0.2, 0.25) is 0 Å². The Morgan fingerprint density at radius 3 is 2.62 bits per heavy atom. The van der Waals surface area contributed by atoms with E-state index in [0.29, 0.717) is 17.0 Å². The molecule has 2 rings (SSSR count). The molecular weight excluding hydrogens is 284 g/mol. The lowest BCUT2D eigenvalue weighted by Crippen LogP contribution is -2.20. The van der Waals surface area contributed by atoms with Crippen LogP contribution in [0.15, 0.2) is 53.6 Å². The van der Waals surface area contributed by atoms with Crippen molar-refractivity contribution in [1.82, 2.24) is 5.43 Å². The smallest absolute Gasteiger partial charge is 0.267 e. The molecule has 1 amide bonds. The molecule has 0 radical (unpaired) electrons. The molecule has 0 saturated carbocycles. The second kappa shape index (κ2) is 7.04. The number of hydrogen-bond acceptors (Lipinski definition) is 2. The van der Waals surface area contributed by atoms with E-state index in [1.807, 2.05) is 56.3 Å². The predicted molar refractivity (Wildman–Crippen MR) is 86.9 cm³/mol. The van der Waals surface area contributed by atoms with E-state index >= 15 is 0 Å². The van der Waals surface area contributed by atoms with Gasteiger partial charge in [-0.25, -0.2) is 5.43 Å². The summed E-state index contributed by atoms with van der Waals surface area (Å²) in [5, 5.41) is 4.88. The van der Waals surface area contributed by atoms with E-state index in [9.17, 15) is 4.79 Å². The van der Waals surface area contributed by atoms with Gasteiger partial charge in [-0.2, -0.15) is 5.10 Å². The van der Waals surface area contributed by atoms with E-state index in [1.54, 1.807) is 6.07 Å². The maximum atomic E-state index is 12.1. The molecule has 1 N–H and O–H groups in total. The van der Waals surface area contributed by atoms with Crippen LogP contribution in [0.25, 0.3) is 0 Å². The molecule has 0 aliphatic rings. The van der Waals surface area contributed by atoms with Crippen LogP contribution in [0.1, 0.15) is 34.8 Å². The minimum atomic E-state index is -0.207. The summed E-state index contributed by atoms with van der Waals surface area (Å²) in [6.45, 7) is 3.88. The molecule has 2 aromatic rings. The molecule has 4 heteroatoms. The maximum Gasteiger partial charge on any atom is 0.271 e. The number of hydrogen-bond donors (Lipinski definition) is 1. The lowest BCUT2D eigenvalue weighted by molar-refractivity contribution is 0.0954. The molecule has 0 saturated heterocycles. The number of carbonyl (C=O) groups excluding carboxylic acids is 1. The molecule has 3 nitrogen and oxygen atoms in total. The Balaban J connectivity index is 2.19. The van der Waals surface area contributed by atoms with Gasteiger partial charge in [-0.3, -0.25) is 4.79 Å². The summed E-state index contributed by atoms with van der Waals surface area (Å²) in [4.78, 5) is 12.1. The van der Waals surface area contributed by atoms with Crippen LogP contribution in [0.2, 0.25) is 5.02 Å². The quantitative estimate of drug-likeness (QED) is 0.667. The summed E-state index contributed by atoms with van der Waals surface area (Å²) in [6.07, 6.45) is 0.703. The standard InChI is InChI=1S/C17H17ClN2O/c1-3-16(13-8-6-9-14(18)11-13)19-20-17(21)15-10-5-4-7-12(15)2/h4-11H,3H2,1-2H3,(H,20,21)/b19-16+. The van der Waals surface area contributed by atoms with E-state index in [4.69, 9.17) is 11.6 Å². The fourth-order valence-corrected chi connectivity index (χ4v) is 2.21. The van der Waals surface area contributed by atoms with Crippen LogP contribution in [0.4, 0.5) is 0 Å². The Kier molecular flexibility index (Phi) is 5.12. The van der Waals surface area contributed by atoms with Crippen molar-refractivity contribution in [3.05, 3.63) is 70.2 Å². The first-order valence-corrected chi connectivity index (χ1v) is 7.18. The van der Waals surface area contributed by atoms with Crippen molar-refractivity contribution in [3.63, 3.8) is 0 Å². The first kappa shape index (κ1) is 15.3. The van der Waals surface area contributed by atoms with Gasteiger partial charge in [0.1, 0.15) is 0 Å². The monoisotopic (exact) mass is 300 g/mol. The van der Waals surface area contributed by atoms with Gasteiger partial charge in [-0.05, 0) is 42.7 Å². The predicted octanol–water partition coefficient (Wildman–Crippen LogP) is 4.19. The molecule has 0 bridgehead atoms. The van der Waals surface area contributed by atoms with Gasteiger partial charge in [0.25, 0.3) is 5.91 Å². The van der Waals surface area contributed by atoms with E-state index in [2.05, 4.69) is 10.5 Å². The number of nitrogens with zero attached hydrogens (tertiary/aromatic N) is 1. The molecule has 0 aliphatic heterocycles. The van der Waals surface area contributed by atoms with Crippen LogP contribution in [0, 0.1) is 6.92 Å². The topological polar surface area (TPSA) is 41.5 Å². The highest BCUT2D eigenvalue weighted by molar-refractivity contribution is 6.31. The van der Waals surface area contributed by atoms with Crippen LogP contribution in [0.3, 0.4) is 0 Å².